The summed E-state index contributed by atoms with van der Waals surface area (Å²) in [7, 11) is 0. The van der Waals surface area contributed by atoms with E-state index in [0.717, 1.165) is 5.82 Å². The zero-order chi connectivity index (χ0) is 15.4. The topological polar surface area (TPSA) is 112 Å². The minimum absolute atomic E-state index is 0.108. The molecule has 0 spiro atoms. The van der Waals surface area contributed by atoms with Crippen LogP contribution in [0.4, 0.5) is 0 Å². The van der Waals surface area contributed by atoms with Gasteiger partial charge in [-0.05, 0) is 6.92 Å². The van der Waals surface area contributed by atoms with Crippen molar-refractivity contribution >= 4 is 5.91 Å². The molecule has 0 aliphatic rings. The first-order chi connectivity index (χ1) is 10.7. The molecule has 3 aromatic rings. The molecule has 112 valence electrons. The third kappa shape index (κ3) is 2.97. The smallest absolute Gasteiger partial charge is 0.316 e. The van der Waals surface area contributed by atoms with E-state index in [1.54, 1.807) is 6.20 Å². The molecule has 9 heteroatoms. The minimum atomic E-state index is -0.430. The van der Waals surface area contributed by atoms with Gasteiger partial charge in [0.05, 0.1) is 6.20 Å². The van der Waals surface area contributed by atoms with Crippen LogP contribution in [0.2, 0.25) is 0 Å². The Morgan fingerprint density at radius 1 is 1.32 bits per heavy atom. The Hall–Kier alpha value is -3.10. The standard InChI is InChI=1S/C13H13N7O2/c1-9-15-4-6-20(9)7-5-17-12(21)13-18-11(19-22-13)10-8-14-2-3-16-10/h2-4,6,8H,5,7H2,1H3,(H,17,21). The molecule has 22 heavy (non-hydrogen) atoms. The van der Waals surface area contributed by atoms with Gasteiger partial charge in [0.15, 0.2) is 0 Å². The van der Waals surface area contributed by atoms with Crippen LogP contribution in [0.25, 0.3) is 11.5 Å². The molecule has 3 aromatic heterocycles. The van der Waals surface area contributed by atoms with E-state index < -0.39 is 5.91 Å². The van der Waals surface area contributed by atoms with Crippen molar-refractivity contribution in [1.82, 2.24) is 35.0 Å². The first kappa shape index (κ1) is 13.9. The fourth-order valence-electron chi connectivity index (χ4n) is 1.84. The monoisotopic (exact) mass is 299 g/mol. The zero-order valence-corrected chi connectivity index (χ0v) is 11.8. The number of hydrogen-bond acceptors (Lipinski definition) is 7. The van der Waals surface area contributed by atoms with Gasteiger partial charge in [0.25, 0.3) is 0 Å². The SMILES string of the molecule is Cc1nccn1CCNC(=O)c1nc(-c2cnccn2)no1. The number of nitrogens with one attached hydrogen (secondary N) is 1. The predicted molar refractivity (Wildman–Crippen MR) is 74.6 cm³/mol. The first-order valence-corrected chi connectivity index (χ1v) is 6.60. The molecule has 0 radical (unpaired) electrons. The van der Waals surface area contributed by atoms with Crippen molar-refractivity contribution in [1.29, 1.82) is 0 Å². The van der Waals surface area contributed by atoms with Gasteiger partial charge in [-0.15, -0.1) is 0 Å². The largest absolute Gasteiger partial charge is 0.346 e. The molecule has 0 aliphatic carbocycles. The van der Waals surface area contributed by atoms with Crippen LogP contribution < -0.4 is 5.32 Å². The molecule has 3 heterocycles. The van der Waals surface area contributed by atoms with Gasteiger partial charge in [-0.25, -0.2) is 9.97 Å². The van der Waals surface area contributed by atoms with Gasteiger partial charge in [-0.2, -0.15) is 4.98 Å². The lowest BCUT2D eigenvalue weighted by molar-refractivity contribution is 0.0908. The highest BCUT2D eigenvalue weighted by Gasteiger charge is 2.16. The fourth-order valence-corrected chi connectivity index (χ4v) is 1.84. The Balaban J connectivity index is 1.59. The van der Waals surface area contributed by atoms with Crippen LogP contribution in [-0.4, -0.2) is 42.1 Å². The van der Waals surface area contributed by atoms with Crippen LogP contribution in [-0.2, 0) is 6.54 Å². The van der Waals surface area contributed by atoms with Gasteiger partial charge in [0.1, 0.15) is 11.5 Å². The molecular weight excluding hydrogens is 286 g/mol. The van der Waals surface area contributed by atoms with E-state index in [0.29, 0.717) is 18.8 Å². The molecule has 9 nitrogen and oxygen atoms in total. The van der Waals surface area contributed by atoms with E-state index in [1.807, 2.05) is 17.7 Å². The molecule has 0 atom stereocenters. The number of hydrogen-bond donors (Lipinski definition) is 1. The summed E-state index contributed by atoms with van der Waals surface area (Å²) in [6.45, 7) is 2.94. The Labute approximate surface area is 125 Å². The van der Waals surface area contributed by atoms with Crippen LogP contribution in [0.5, 0.6) is 0 Å². The molecule has 0 bridgehead atoms. The zero-order valence-electron chi connectivity index (χ0n) is 11.8. The number of imidazole rings is 1. The van der Waals surface area contributed by atoms with Crippen LogP contribution in [0, 0.1) is 6.92 Å². The van der Waals surface area contributed by atoms with Crippen molar-refractivity contribution in [3.05, 3.63) is 42.7 Å². The van der Waals surface area contributed by atoms with Gasteiger partial charge in [0.2, 0.25) is 5.82 Å². The van der Waals surface area contributed by atoms with Crippen LogP contribution in [0.15, 0.2) is 35.5 Å². The van der Waals surface area contributed by atoms with Crippen LogP contribution >= 0.6 is 0 Å². The number of carbonyl (C=O) groups is 1. The average molecular weight is 299 g/mol. The van der Waals surface area contributed by atoms with Gasteiger partial charge >= 0.3 is 11.8 Å². The number of rotatable bonds is 5. The van der Waals surface area contributed by atoms with E-state index in [4.69, 9.17) is 4.52 Å². The number of amides is 1. The third-order valence-corrected chi connectivity index (χ3v) is 2.97. The number of carbonyl (C=O) groups excluding carboxylic acids is 1. The molecule has 0 aliphatic heterocycles. The highest BCUT2D eigenvalue weighted by molar-refractivity contribution is 5.89. The van der Waals surface area contributed by atoms with Crippen molar-refractivity contribution in [2.24, 2.45) is 0 Å². The summed E-state index contributed by atoms with van der Waals surface area (Å²) in [5.41, 5.74) is 0.444. The molecule has 1 amide bonds. The van der Waals surface area contributed by atoms with Gasteiger partial charge in [-0.1, -0.05) is 5.16 Å². The van der Waals surface area contributed by atoms with Gasteiger partial charge in [0, 0.05) is 37.9 Å². The van der Waals surface area contributed by atoms with E-state index in [9.17, 15) is 4.79 Å². The molecule has 0 saturated carbocycles. The highest BCUT2D eigenvalue weighted by Crippen LogP contribution is 2.10. The van der Waals surface area contributed by atoms with Crippen molar-refractivity contribution in [3.8, 4) is 11.5 Å². The lowest BCUT2D eigenvalue weighted by Crippen LogP contribution is -2.27. The summed E-state index contributed by atoms with van der Waals surface area (Å²) in [6.07, 6.45) is 8.10. The van der Waals surface area contributed by atoms with Crippen molar-refractivity contribution < 1.29 is 9.32 Å². The Bertz CT molecular complexity index is 766. The lowest BCUT2D eigenvalue weighted by Gasteiger charge is -2.05. The maximum Gasteiger partial charge on any atom is 0.316 e. The van der Waals surface area contributed by atoms with Crippen molar-refractivity contribution in [2.75, 3.05) is 6.54 Å². The third-order valence-electron chi connectivity index (χ3n) is 2.97. The molecule has 1 N–H and O–H groups in total. The molecule has 0 aromatic carbocycles. The summed E-state index contributed by atoms with van der Waals surface area (Å²) in [5.74, 6) is 0.573. The molecule has 0 fully saturated rings. The van der Waals surface area contributed by atoms with Crippen molar-refractivity contribution in [3.63, 3.8) is 0 Å². The highest BCUT2D eigenvalue weighted by atomic mass is 16.5. The summed E-state index contributed by atoms with van der Waals surface area (Å²) in [4.78, 5) is 28.0. The first-order valence-electron chi connectivity index (χ1n) is 6.60. The molecular formula is C13H13N7O2. The lowest BCUT2D eigenvalue weighted by atomic mass is 10.4. The van der Waals surface area contributed by atoms with E-state index in [-0.39, 0.29) is 11.7 Å². The summed E-state index contributed by atoms with van der Waals surface area (Å²) < 4.78 is 6.86. The predicted octanol–water partition coefficient (Wildman–Crippen LogP) is 0.462. The minimum Gasteiger partial charge on any atom is -0.346 e. The maximum absolute atomic E-state index is 11.9. The number of nitrogens with zero attached hydrogens (tertiary/aromatic N) is 6. The second-order valence-corrected chi connectivity index (χ2v) is 4.44. The summed E-state index contributed by atoms with van der Waals surface area (Å²) in [6, 6.07) is 0. The molecule has 0 saturated heterocycles. The quantitative estimate of drug-likeness (QED) is 0.728. The fraction of sp³-hybridized carbons (Fsp3) is 0.231. The van der Waals surface area contributed by atoms with Crippen LogP contribution in [0.1, 0.15) is 16.5 Å². The van der Waals surface area contributed by atoms with E-state index >= 15 is 0 Å². The number of aromatic nitrogens is 6. The average Bonchev–Trinajstić information content (AvgIpc) is 3.18. The Morgan fingerprint density at radius 3 is 2.95 bits per heavy atom. The second-order valence-electron chi connectivity index (χ2n) is 4.44. The van der Waals surface area contributed by atoms with E-state index in [2.05, 4.69) is 30.4 Å². The molecule has 3 rings (SSSR count). The normalized spacial score (nSPS) is 10.6. The molecule has 0 unspecified atom stereocenters. The summed E-state index contributed by atoms with van der Waals surface area (Å²) >= 11 is 0. The Morgan fingerprint density at radius 2 is 2.23 bits per heavy atom. The number of aryl methyl sites for hydroxylation is 1. The Kier molecular flexibility index (Phi) is 3.86. The second kappa shape index (κ2) is 6.12. The van der Waals surface area contributed by atoms with Crippen LogP contribution in [0.3, 0.4) is 0 Å². The van der Waals surface area contributed by atoms with Gasteiger partial charge < -0.3 is 14.4 Å². The maximum atomic E-state index is 11.9. The van der Waals surface area contributed by atoms with Gasteiger partial charge in [-0.3, -0.25) is 9.78 Å². The van der Waals surface area contributed by atoms with Crippen molar-refractivity contribution in [2.45, 2.75) is 13.5 Å². The van der Waals surface area contributed by atoms with E-state index in [1.165, 1.54) is 18.6 Å². The summed E-state index contributed by atoms with van der Waals surface area (Å²) in [5, 5.41) is 6.42.